The molecular formula is C26H21NO3S. The van der Waals surface area contributed by atoms with E-state index in [0.29, 0.717) is 12.2 Å². The van der Waals surface area contributed by atoms with Gasteiger partial charge in [-0.05, 0) is 30.7 Å². The fraction of sp³-hybridized carbons (Fsp3) is 0.115. The van der Waals surface area contributed by atoms with Crippen molar-refractivity contribution < 1.29 is 14.3 Å². The quantitative estimate of drug-likeness (QED) is 0.355. The van der Waals surface area contributed by atoms with Gasteiger partial charge in [-0.3, -0.25) is 0 Å². The number of benzene rings is 3. The van der Waals surface area contributed by atoms with Crippen molar-refractivity contribution in [1.29, 1.82) is 0 Å². The van der Waals surface area contributed by atoms with Gasteiger partial charge in [-0.25, -0.2) is 4.79 Å². The second kappa shape index (κ2) is 8.28. The molecule has 4 nitrogen and oxygen atoms in total. The number of para-hydroxylation sites is 2. The van der Waals surface area contributed by atoms with Crippen LogP contribution in [0.5, 0.6) is 5.75 Å². The number of rotatable bonds is 5. The smallest absolute Gasteiger partial charge is 0.341 e. The van der Waals surface area contributed by atoms with Crippen molar-refractivity contribution in [3.63, 3.8) is 0 Å². The van der Waals surface area contributed by atoms with Crippen molar-refractivity contribution >= 4 is 28.0 Å². The number of carbonyl (C=O) groups is 1. The van der Waals surface area contributed by atoms with Gasteiger partial charge in [0.15, 0.2) is 6.10 Å². The molecule has 2 heterocycles. The van der Waals surface area contributed by atoms with E-state index in [2.05, 4.69) is 17.4 Å². The average Bonchev–Trinajstić information content (AvgIpc) is 3.19. The number of thiophene rings is 1. The molecule has 1 aliphatic heterocycles. The van der Waals surface area contributed by atoms with E-state index in [1.165, 1.54) is 0 Å². The summed E-state index contributed by atoms with van der Waals surface area (Å²) < 4.78 is 11.9. The van der Waals surface area contributed by atoms with Gasteiger partial charge < -0.3 is 14.8 Å². The molecule has 0 bridgehead atoms. The van der Waals surface area contributed by atoms with Crippen LogP contribution in [0, 0.1) is 0 Å². The Morgan fingerprint density at radius 3 is 2.39 bits per heavy atom. The molecule has 5 rings (SSSR count). The molecule has 0 saturated carbocycles. The molecule has 0 spiro atoms. The van der Waals surface area contributed by atoms with Gasteiger partial charge in [0.2, 0.25) is 0 Å². The van der Waals surface area contributed by atoms with Gasteiger partial charge in [0.1, 0.15) is 16.3 Å². The molecule has 154 valence electrons. The number of nitrogens with one attached hydrogen (secondary N) is 1. The molecule has 1 aliphatic rings. The van der Waals surface area contributed by atoms with E-state index in [-0.39, 0.29) is 12.1 Å². The molecular weight excluding hydrogens is 406 g/mol. The Morgan fingerprint density at radius 2 is 1.65 bits per heavy atom. The van der Waals surface area contributed by atoms with E-state index < -0.39 is 0 Å². The first-order valence-electron chi connectivity index (χ1n) is 10.2. The highest BCUT2D eigenvalue weighted by Crippen LogP contribution is 2.53. The molecule has 31 heavy (non-hydrogen) atoms. The van der Waals surface area contributed by atoms with E-state index >= 15 is 0 Å². The van der Waals surface area contributed by atoms with Crippen LogP contribution in [0.2, 0.25) is 0 Å². The lowest BCUT2D eigenvalue weighted by Crippen LogP contribution is -2.15. The maximum Gasteiger partial charge on any atom is 0.341 e. The van der Waals surface area contributed by atoms with Crippen LogP contribution in [0.4, 0.5) is 10.7 Å². The summed E-state index contributed by atoms with van der Waals surface area (Å²) in [6.07, 6.45) is -0.296. The molecule has 3 aromatic carbocycles. The fourth-order valence-electron chi connectivity index (χ4n) is 3.84. The lowest BCUT2D eigenvalue weighted by molar-refractivity contribution is 0.0528. The summed E-state index contributed by atoms with van der Waals surface area (Å²) >= 11 is 1.54. The van der Waals surface area contributed by atoms with Gasteiger partial charge in [0.25, 0.3) is 0 Å². The van der Waals surface area contributed by atoms with E-state index in [1.807, 2.05) is 79.7 Å². The topological polar surface area (TPSA) is 47.6 Å². The van der Waals surface area contributed by atoms with Crippen LogP contribution >= 0.6 is 11.3 Å². The zero-order valence-corrected chi connectivity index (χ0v) is 17.8. The molecule has 0 amide bonds. The van der Waals surface area contributed by atoms with Gasteiger partial charge in [0.05, 0.1) is 11.5 Å². The summed E-state index contributed by atoms with van der Waals surface area (Å²) in [7, 11) is 0. The number of carbonyl (C=O) groups excluding carboxylic acids is 1. The molecule has 1 atom stereocenters. The minimum absolute atomic E-state index is 0.296. The monoisotopic (exact) mass is 427 g/mol. The zero-order chi connectivity index (χ0) is 21.2. The van der Waals surface area contributed by atoms with Crippen molar-refractivity contribution in [3.05, 3.63) is 101 Å². The van der Waals surface area contributed by atoms with Crippen LogP contribution in [-0.2, 0) is 4.74 Å². The minimum Gasteiger partial charge on any atom is -0.479 e. The SMILES string of the molecule is CCOC(=O)c1c(Nc2ccccc2)sc2c1-c1ccccc1OC2c1ccccc1. The third-order valence-electron chi connectivity index (χ3n) is 5.19. The number of esters is 1. The summed E-state index contributed by atoms with van der Waals surface area (Å²) in [5.74, 6) is 0.431. The Kier molecular flexibility index (Phi) is 5.18. The van der Waals surface area contributed by atoms with Gasteiger partial charge >= 0.3 is 5.97 Å². The maximum absolute atomic E-state index is 13.1. The standard InChI is InChI=1S/C26H21NO3S/c1-2-29-26(28)22-21-19-15-9-10-16-20(19)30-23(17-11-5-3-6-12-17)24(21)31-25(22)27-18-13-7-4-8-14-18/h3-16,23,27H,2H2,1H3. The minimum atomic E-state index is -0.332. The third-order valence-corrected chi connectivity index (χ3v) is 6.34. The van der Waals surface area contributed by atoms with Gasteiger partial charge in [-0.1, -0.05) is 66.7 Å². The van der Waals surface area contributed by atoms with Crippen molar-refractivity contribution in [1.82, 2.24) is 0 Å². The second-order valence-corrected chi connectivity index (χ2v) is 8.21. The first-order valence-corrected chi connectivity index (χ1v) is 11.0. The van der Waals surface area contributed by atoms with Crippen LogP contribution in [0.1, 0.15) is 33.8 Å². The first-order chi connectivity index (χ1) is 15.3. The van der Waals surface area contributed by atoms with Crippen LogP contribution in [0.15, 0.2) is 84.9 Å². The molecule has 0 radical (unpaired) electrons. The molecule has 1 aromatic heterocycles. The summed E-state index contributed by atoms with van der Waals surface area (Å²) in [4.78, 5) is 14.1. The largest absolute Gasteiger partial charge is 0.479 e. The number of anilines is 2. The van der Waals surface area contributed by atoms with Gasteiger partial charge in [0, 0.05) is 16.8 Å². The van der Waals surface area contributed by atoms with Crippen LogP contribution in [0.3, 0.4) is 0 Å². The summed E-state index contributed by atoms with van der Waals surface area (Å²) in [6, 6.07) is 27.8. The Labute approximate surface area is 185 Å². The number of hydrogen-bond donors (Lipinski definition) is 1. The first kappa shape index (κ1) is 19.4. The van der Waals surface area contributed by atoms with E-state index in [4.69, 9.17) is 9.47 Å². The lowest BCUT2D eigenvalue weighted by atomic mass is 9.93. The van der Waals surface area contributed by atoms with Crippen LogP contribution in [-0.4, -0.2) is 12.6 Å². The van der Waals surface area contributed by atoms with E-state index in [9.17, 15) is 4.79 Å². The van der Waals surface area contributed by atoms with Crippen LogP contribution < -0.4 is 10.1 Å². The zero-order valence-electron chi connectivity index (χ0n) is 17.0. The highest BCUT2D eigenvalue weighted by molar-refractivity contribution is 7.17. The number of ether oxygens (including phenoxy) is 2. The Bertz CT molecular complexity index is 1220. The molecule has 0 fully saturated rings. The highest BCUT2D eigenvalue weighted by atomic mass is 32.1. The van der Waals surface area contributed by atoms with E-state index in [1.54, 1.807) is 11.3 Å². The molecule has 1 N–H and O–H groups in total. The molecule has 1 unspecified atom stereocenters. The number of fused-ring (bicyclic) bond motifs is 3. The molecule has 0 aliphatic carbocycles. The molecule has 5 heteroatoms. The highest BCUT2D eigenvalue weighted by Gasteiger charge is 2.36. The van der Waals surface area contributed by atoms with Crippen LogP contribution in [0.25, 0.3) is 11.1 Å². The van der Waals surface area contributed by atoms with Gasteiger partial charge in [-0.15, -0.1) is 11.3 Å². The summed E-state index contributed by atoms with van der Waals surface area (Å²) in [5, 5.41) is 4.19. The average molecular weight is 428 g/mol. The van der Waals surface area contributed by atoms with Gasteiger partial charge in [-0.2, -0.15) is 0 Å². The second-order valence-electron chi connectivity index (χ2n) is 7.16. The third kappa shape index (κ3) is 3.57. The Balaban J connectivity index is 1.73. The predicted molar refractivity (Wildman–Crippen MR) is 124 cm³/mol. The normalized spacial score (nSPS) is 14.2. The lowest BCUT2D eigenvalue weighted by Gasteiger charge is -2.27. The van der Waals surface area contributed by atoms with E-state index in [0.717, 1.165) is 38.0 Å². The number of hydrogen-bond acceptors (Lipinski definition) is 5. The summed E-state index contributed by atoms with van der Waals surface area (Å²) in [5.41, 5.74) is 4.31. The Morgan fingerprint density at radius 1 is 0.968 bits per heavy atom. The maximum atomic E-state index is 13.1. The molecule has 4 aromatic rings. The molecule has 0 saturated heterocycles. The predicted octanol–water partition coefficient (Wildman–Crippen LogP) is 6.82. The van der Waals surface area contributed by atoms with Crippen molar-refractivity contribution in [2.24, 2.45) is 0 Å². The fourth-order valence-corrected chi connectivity index (χ4v) is 5.12. The van der Waals surface area contributed by atoms with Crippen molar-refractivity contribution in [3.8, 4) is 16.9 Å². The van der Waals surface area contributed by atoms with Crippen molar-refractivity contribution in [2.45, 2.75) is 13.0 Å². The summed E-state index contributed by atoms with van der Waals surface area (Å²) in [6.45, 7) is 2.14. The Hall–Kier alpha value is -3.57. The van der Waals surface area contributed by atoms with Crippen molar-refractivity contribution in [2.75, 3.05) is 11.9 Å².